The van der Waals surface area contributed by atoms with E-state index < -0.39 is 5.60 Å². The summed E-state index contributed by atoms with van der Waals surface area (Å²) in [5, 5.41) is 11.6. The van der Waals surface area contributed by atoms with Crippen molar-refractivity contribution in [1.29, 1.82) is 0 Å². The maximum absolute atomic E-state index is 13.2. The molecule has 2 heterocycles. The molecular formula is C33H38N2O4. The molecule has 1 saturated heterocycles. The van der Waals surface area contributed by atoms with Crippen LogP contribution in [0.2, 0.25) is 0 Å². The van der Waals surface area contributed by atoms with E-state index >= 15 is 0 Å². The molecule has 1 fully saturated rings. The molecule has 3 aromatic carbocycles. The topological polar surface area (TPSA) is 63.9 Å². The van der Waals surface area contributed by atoms with E-state index in [9.17, 15) is 9.90 Å². The van der Waals surface area contributed by atoms with Gasteiger partial charge in [-0.15, -0.1) is 0 Å². The second kappa shape index (κ2) is 11.7. The summed E-state index contributed by atoms with van der Waals surface area (Å²) in [4.78, 5) is 15.6. The molecule has 5 rings (SSSR count). The number of ether oxygens (including phenoxy) is 2. The van der Waals surface area contributed by atoms with Gasteiger partial charge < -0.3 is 14.6 Å². The van der Waals surface area contributed by atoms with Crippen molar-refractivity contribution in [3.63, 3.8) is 0 Å². The van der Waals surface area contributed by atoms with Crippen LogP contribution in [0.15, 0.2) is 91.1 Å². The van der Waals surface area contributed by atoms with Crippen LogP contribution in [0.4, 0.5) is 4.79 Å². The van der Waals surface area contributed by atoms with E-state index in [2.05, 4.69) is 35.2 Å². The minimum Gasteiger partial charge on any atom is -0.443 e. The summed E-state index contributed by atoms with van der Waals surface area (Å²) < 4.78 is 13.7. The van der Waals surface area contributed by atoms with Gasteiger partial charge in [0.05, 0.1) is 31.4 Å². The number of carbonyl (C=O) groups excluding carboxylic acids is 1. The maximum Gasteiger partial charge on any atom is 0.419 e. The van der Waals surface area contributed by atoms with Crippen LogP contribution in [-0.4, -0.2) is 52.1 Å². The Balaban J connectivity index is 1.49. The van der Waals surface area contributed by atoms with Gasteiger partial charge in [-0.1, -0.05) is 78.9 Å². The zero-order chi connectivity index (χ0) is 27.4. The van der Waals surface area contributed by atoms with Crippen LogP contribution in [0.3, 0.4) is 0 Å². The van der Waals surface area contributed by atoms with Crippen molar-refractivity contribution in [3.05, 3.63) is 108 Å². The van der Waals surface area contributed by atoms with E-state index in [0.717, 1.165) is 40.6 Å². The number of aliphatic hydroxyl groups is 1. The number of benzene rings is 3. The van der Waals surface area contributed by atoms with Gasteiger partial charge in [-0.05, 0) is 56.5 Å². The SMILES string of the molecule is CC(C)(C)OC(=O)n1cc([C@H]2CCN([C@@H](CO)c3ccccc3)[C@H]2COCc2ccccc2)c2ccccc21. The summed E-state index contributed by atoms with van der Waals surface area (Å²) in [7, 11) is 0. The van der Waals surface area contributed by atoms with E-state index in [0.29, 0.717) is 13.2 Å². The Morgan fingerprint density at radius 3 is 2.33 bits per heavy atom. The molecule has 6 heteroatoms. The molecule has 0 aliphatic carbocycles. The van der Waals surface area contributed by atoms with E-state index in [1.165, 1.54) is 0 Å². The first-order valence-corrected chi connectivity index (χ1v) is 13.7. The van der Waals surface area contributed by atoms with Gasteiger partial charge in [0.15, 0.2) is 0 Å². The zero-order valence-corrected chi connectivity index (χ0v) is 23.0. The highest BCUT2D eigenvalue weighted by molar-refractivity contribution is 5.92. The van der Waals surface area contributed by atoms with Gasteiger partial charge in [-0.2, -0.15) is 0 Å². The molecule has 0 amide bonds. The lowest BCUT2D eigenvalue weighted by molar-refractivity contribution is 0.0315. The Morgan fingerprint density at radius 2 is 1.64 bits per heavy atom. The molecule has 1 aliphatic heterocycles. The number of nitrogens with zero attached hydrogens (tertiary/aromatic N) is 2. The van der Waals surface area contributed by atoms with Crippen molar-refractivity contribution in [3.8, 4) is 0 Å². The Morgan fingerprint density at radius 1 is 0.974 bits per heavy atom. The molecule has 1 aromatic heterocycles. The van der Waals surface area contributed by atoms with Crippen LogP contribution in [0.1, 0.15) is 55.8 Å². The predicted octanol–water partition coefficient (Wildman–Crippen LogP) is 6.53. The fraction of sp³-hybridized carbons (Fsp3) is 0.364. The Hall–Kier alpha value is -3.45. The standard InChI is InChI=1S/C33H38N2O4/c1-33(2,3)39-32(37)35-20-28(26-16-10-11-17-29(26)35)27-18-19-34(30(21-36)25-14-8-5-9-15-25)31(27)23-38-22-24-12-6-4-7-13-24/h4-17,20,27,30-31,36H,18-19,21-23H2,1-3H3/t27-,30+,31+/m1/s1. The van der Waals surface area contributed by atoms with Crippen LogP contribution in [0.5, 0.6) is 0 Å². The van der Waals surface area contributed by atoms with Gasteiger partial charge >= 0.3 is 6.09 Å². The fourth-order valence-corrected chi connectivity index (χ4v) is 5.75. The normalized spacial score (nSPS) is 18.9. The molecule has 6 nitrogen and oxygen atoms in total. The van der Waals surface area contributed by atoms with Crippen molar-refractivity contribution in [2.24, 2.45) is 0 Å². The lowest BCUT2D eigenvalue weighted by Crippen LogP contribution is -2.40. The summed E-state index contributed by atoms with van der Waals surface area (Å²) >= 11 is 0. The number of carbonyl (C=O) groups is 1. The number of hydrogen-bond donors (Lipinski definition) is 1. The lowest BCUT2D eigenvalue weighted by Gasteiger charge is -2.34. The lowest BCUT2D eigenvalue weighted by atomic mass is 9.91. The third kappa shape index (κ3) is 6.09. The van der Waals surface area contributed by atoms with Gasteiger partial charge in [0.1, 0.15) is 5.60 Å². The Labute approximate surface area is 230 Å². The second-order valence-electron chi connectivity index (χ2n) is 11.3. The van der Waals surface area contributed by atoms with Crippen LogP contribution in [0.25, 0.3) is 10.9 Å². The number of para-hydroxylation sites is 1. The summed E-state index contributed by atoms with van der Waals surface area (Å²) in [5.74, 6) is 0.118. The largest absolute Gasteiger partial charge is 0.443 e. The minimum atomic E-state index is -0.593. The fourth-order valence-electron chi connectivity index (χ4n) is 5.75. The molecule has 0 unspecified atom stereocenters. The molecule has 0 bridgehead atoms. The molecule has 0 saturated carbocycles. The molecule has 1 aliphatic rings. The number of fused-ring (bicyclic) bond motifs is 1. The van der Waals surface area contributed by atoms with Gasteiger partial charge in [0.2, 0.25) is 0 Å². The first kappa shape index (κ1) is 27.1. The molecule has 204 valence electrons. The first-order valence-electron chi connectivity index (χ1n) is 13.7. The number of rotatable bonds is 8. The molecular weight excluding hydrogens is 488 g/mol. The molecule has 4 aromatic rings. The summed E-state index contributed by atoms with van der Waals surface area (Å²) in [6, 6.07) is 28.2. The zero-order valence-electron chi connectivity index (χ0n) is 23.0. The second-order valence-corrected chi connectivity index (χ2v) is 11.3. The molecule has 1 N–H and O–H groups in total. The van der Waals surface area contributed by atoms with Gasteiger partial charge in [-0.3, -0.25) is 9.47 Å². The third-order valence-corrected chi connectivity index (χ3v) is 7.48. The number of hydrogen-bond acceptors (Lipinski definition) is 5. The highest BCUT2D eigenvalue weighted by Crippen LogP contribution is 2.42. The van der Waals surface area contributed by atoms with Crippen LogP contribution in [0, 0.1) is 0 Å². The Kier molecular flexibility index (Phi) is 8.17. The number of aliphatic hydroxyl groups excluding tert-OH is 1. The average Bonchev–Trinajstić information content (AvgIpc) is 3.51. The van der Waals surface area contributed by atoms with Crippen molar-refractivity contribution < 1.29 is 19.4 Å². The van der Waals surface area contributed by atoms with Crippen molar-refractivity contribution in [1.82, 2.24) is 9.47 Å². The number of aromatic nitrogens is 1. The van der Waals surface area contributed by atoms with Crippen LogP contribution < -0.4 is 0 Å². The summed E-state index contributed by atoms with van der Waals surface area (Å²) in [6.45, 7) is 7.50. The molecule has 0 spiro atoms. The highest BCUT2D eigenvalue weighted by atomic mass is 16.6. The average molecular weight is 527 g/mol. The highest BCUT2D eigenvalue weighted by Gasteiger charge is 2.40. The van der Waals surface area contributed by atoms with Gasteiger partial charge in [0, 0.05) is 23.5 Å². The number of likely N-dealkylation sites (tertiary alicyclic amines) is 1. The van der Waals surface area contributed by atoms with Crippen molar-refractivity contribution in [2.75, 3.05) is 19.8 Å². The van der Waals surface area contributed by atoms with E-state index in [-0.39, 0.29) is 30.7 Å². The third-order valence-electron chi connectivity index (χ3n) is 7.48. The van der Waals surface area contributed by atoms with Crippen LogP contribution in [-0.2, 0) is 16.1 Å². The minimum absolute atomic E-state index is 0.0176. The predicted molar refractivity (Wildman–Crippen MR) is 154 cm³/mol. The van der Waals surface area contributed by atoms with Gasteiger partial charge in [-0.25, -0.2) is 4.79 Å². The molecule has 3 atom stereocenters. The van der Waals surface area contributed by atoms with E-state index in [1.807, 2.05) is 81.6 Å². The van der Waals surface area contributed by atoms with Crippen molar-refractivity contribution in [2.45, 2.75) is 57.4 Å². The quantitative estimate of drug-likeness (QED) is 0.283. The maximum atomic E-state index is 13.2. The summed E-state index contributed by atoms with van der Waals surface area (Å²) in [5.41, 5.74) is 3.57. The molecule has 0 radical (unpaired) electrons. The van der Waals surface area contributed by atoms with E-state index in [1.54, 1.807) is 4.57 Å². The summed E-state index contributed by atoms with van der Waals surface area (Å²) in [6.07, 6.45) is 2.47. The Bertz CT molecular complexity index is 1380. The molecule has 39 heavy (non-hydrogen) atoms. The van der Waals surface area contributed by atoms with E-state index in [4.69, 9.17) is 9.47 Å². The smallest absolute Gasteiger partial charge is 0.419 e. The monoisotopic (exact) mass is 526 g/mol. The van der Waals surface area contributed by atoms with Crippen molar-refractivity contribution >= 4 is 17.0 Å². The first-order chi connectivity index (χ1) is 18.9. The van der Waals surface area contributed by atoms with Crippen LogP contribution >= 0.6 is 0 Å². The van der Waals surface area contributed by atoms with Gasteiger partial charge in [0.25, 0.3) is 0 Å².